The van der Waals surface area contributed by atoms with Gasteiger partial charge in [-0.05, 0) is 13.8 Å². The van der Waals surface area contributed by atoms with Gasteiger partial charge in [0.05, 0.1) is 18.4 Å². The fourth-order valence-corrected chi connectivity index (χ4v) is 1.44. The van der Waals surface area contributed by atoms with Crippen LogP contribution in [0.1, 0.15) is 19.5 Å². The normalized spacial score (nSPS) is 10.6. The molecular formula is C11H20N6O2. The SMILES string of the molecule is CC(C)NC(=O)CN(C)C(=O)Cn1cc(CN)nn1. The summed E-state index contributed by atoms with van der Waals surface area (Å²) in [7, 11) is 1.57. The van der Waals surface area contributed by atoms with E-state index >= 15 is 0 Å². The maximum atomic E-state index is 11.9. The Hall–Kier alpha value is -1.96. The highest BCUT2D eigenvalue weighted by atomic mass is 16.2. The Morgan fingerprint density at radius 2 is 2.21 bits per heavy atom. The third-order valence-corrected chi connectivity index (χ3v) is 2.35. The van der Waals surface area contributed by atoms with Gasteiger partial charge in [0.25, 0.3) is 0 Å². The van der Waals surface area contributed by atoms with Gasteiger partial charge >= 0.3 is 0 Å². The van der Waals surface area contributed by atoms with Crippen molar-refractivity contribution in [2.45, 2.75) is 33.0 Å². The number of hydrogen-bond acceptors (Lipinski definition) is 5. The highest BCUT2D eigenvalue weighted by molar-refractivity contribution is 5.84. The quantitative estimate of drug-likeness (QED) is 0.668. The predicted octanol–water partition coefficient (Wildman–Crippen LogP) is -1.28. The minimum atomic E-state index is -0.215. The zero-order valence-corrected chi connectivity index (χ0v) is 11.5. The molecule has 19 heavy (non-hydrogen) atoms. The van der Waals surface area contributed by atoms with E-state index in [0.717, 1.165) is 0 Å². The van der Waals surface area contributed by atoms with Crippen LogP contribution < -0.4 is 11.1 Å². The first-order valence-electron chi connectivity index (χ1n) is 6.04. The van der Waals surface area contributed by atoms with E-state index in [-0.39, 0.29) is 37.5 Å². The molecule has 106 valence electrons. The van der Waals surface area contributed by atoms with Crippen molar-refractivity contribution in [1.82, 2.24) is 25.2 Å². The van der Waals surface area contributed by atoms with Crippen molar-refractivity contribution in [3.8, 4) is 0 Å². The van der Waals surface area contributed by atoms with E-state index in [1.807, 2.05) is 13.8 Å². The van der Waals surface area contributed by atoms with Crippen LogP contribution in [0.15, 0.2) is 6.20 Å². The first kappa shape index (κ1) is 15.1. The van der Waals surface area contributed by atoms with Crippen molar-refractivity contribution in [2.24, 2.45) is 5.73 Å². The topological polar surface area (TPSA) is 106 Å². The van der Waals surface area contributed by atoms with Gasteiger partial charge in [-0.2, -0.15) is 0 Å². The third kappa shape index (κ3) is 5.04. The zero-order valence-electron chi connectivity index (χ0n) is 11.5. The Morgan fingerprint density at radius 1 is 1.53 bits per heavy atom. The minimum absolute atomic E-state index is 0.0233. The summed E-state index contributed by atoms with van der Waals surface area (Å²) in [6.45, 7) is 4.07. The monoisotopic (exact) mass is 268 g/mol. The average molecular weight is 268 g/mol. The molecule has 0 spiro atoms. The molecule has 1 aromatic rings. The summed E-state index contributed by atoms with van der Waals surface area (Å²) in [6.07, 6.45) is 1.61. The smallest absolute Gasteiger partial charge is 0.244 e. The van der Waals surface area contributed by atoms with Gasteiger partial charge < -0.3 is 16.0 Å². The zero-order chi connectivity index (χ0) is 14.4. The fourth-order valence-electron chi connectivity index (χ4n) is 1.44. The van der Waals surface area contributed by atoms with Crippen molar-refractivity contribution >= 4 is 11.8 Å². The van der Waals surface area contributed by atoms with E-state index in [2.05, 4.69) is 15.6 Å². The van der Waals surface area contributed by atoms with E-state index < -0.39 is 0 Å². The number of rotatable bonds is 6. The van der Waals surface area contributed by atoms with Crippen LogP contribution in [-0.4, -0.2) is 51.3 Å². The molecule has 0 aliphatic carbocycles. The van der Waals surface area contributed by atoms with Crippen LogP contribution in [0.4, 0.5) is 0 Å². The number of carbonyl (C=O) groups excluding carboxylic acids is 2. The largest absolute Gasteiger partial charge is 0.352 e. The Balaban J connectivity index is 2.46. The molecule has 0 saturated heterocycles. The van der Waals surface area contributed by atoms with Crippen molar-refractivity contribution in [3.05, 3.63) is 11.9 Å². The van der Waals surface area contributed by atoms with E-state index in [0.29, 0.717) is 5.69 Å². The number of nitrogens with one attached hydrogen (secondary N) is 1. The van der Waals surface area contributed by atoms with E-state index in [1.54, 1.807) is 13.2 Å². The molecule has 3 N–H and O–H groups in total. The molecule has 0 aromatic carbocycles. The molecule has 0 fully saturated rings. The number of amides is 2. The Labute approximate surface area is 111 Å². The summed E-state index contributed by atoms with van der Waals surface area (Å²) in [6, 6.07) is 0.0541. The van der Waals surface area contributed by atoms with Crippen LogP contribution in [0, 0.1) is 0 Å². The average Bonchev–Trinajstić information content (AvgIpc) is 2.75. The molecule has 0 bridgehead atoms. The molecular weight excluding hydrogens is 248 g/mol. The second-order valence-corrected chi connectivity index (χ2v) is 4.58. The van der Waals surface area contributed by atoms with Gasteiger partial charge in [0.2, 0.25) is 11.8 Å². The van der Waals surface area contributed by atoms with Crippen molar-refractivity contribution in [3.63, 3.8) is 0 Å². The van der Waals surface area contributed by atoms with E-state index in [9.17, 15) is 9.59 Å². The van der Waals surface area contributed by atoms with Crippen LogP contribution in [0.3, 0.4) is 0 Å². The summed E-state index contributed by atoms with van der Waals surface area (Å²) < 4.78 is 1.40. The molecule has 0 saturated carbocycles. The molecule has 1 rings (SSSR count). The van der Waals surface area contributed by atoms with Gasteiger partial charge in [-0.3, -0.25) is 9.59 Å². The van der Waals surface area contributed by atoms with Crippen LogP contribution in [0.2, 0.25) is 0 Å². The molecule has 0 aliphatic rings. The number of likely N-dealkylation sites (N-methyl/N-ethyl adjacent to an activating group) is 1. The first-order chi connectivity index (χ1) is 8.92. The van der Waals surface area contributed by atoms with Crippen LogP contribution in [-0.2, 0) is 22.7 Å². The van der Waals surface area contributed by atoms with Gasteiger partial charge in [-0.25, -0.2) is 4.68 Å². The fraction of sp³-hybridized carbons (Fsp3) is 0.636. The lowest BCUT2D eigenvalue weighted by molar-refractivity contribution is -0.135. The van der Waals surface area contributed by atoms with Crippen LogP contribution in [0.5, 0.6) is 0 Å². The molecule has 1 aromatic heterocycles. The van der Waals surface area contributed by atoms with Gasteiger partial charge in [0.15, 0.2) is 0 Å². The summed E-state index contributed by atoms with van der Waals surface area (Å²) >= 11 is 0. The second-order valence-electron chi connectivity index (χ2n) is 4.58. The van der Waals surface area contributed by atoms with Crippen molar-refractivity contribution in [1.29, 1.82) is 0 Å². The Kier molecular flexibility index (Phi) is 5.43. The Bertz CT molecular complexity index is 442. The predicted molar refractivity (Wildman–Crippen MR) is 68.8 cm³/mol. The minimum Gasteiger partial charge on any atom is -0.352 e. The molecule has 0 aliphatic heterocycles. The van der Waals surface area contributed by atoms with Crippen molar-refractivity contribution < 1.29 is 9.59 Å². The van der Waals surface area contributed by atoms with Crippen LogP contribution >= 0.6 is 0 Å². The van der Waals surface area contributed by atoms with Gasteiger partial charge in [-0.1, -0.05) is 5.21 Å². The summed E-state index contributed by atoms with van der Waals surface area (Å²) in [4.78, 5) is 24.7. The number of aromatic nitrogens is 3. The Morgan fingerprint density at radius 3 is 2.74 bits per heavy atom. The number of nitrogens with zero attached hydrogens (tertiary/aromatic N) is 4. The second kappa shape index (κ2) is 6.83. The molecule has 8 nitrogen and oxygen atoms in total. The summed E-state index contributed by atoms with van der Waals surface area (Å²) in [5.74, 6) is -0.403. The highest BCUT2D eigenvalue weighted by Crippen LogP contribution is 1.94. The van der Waals surface area contributed by atoms with E-state index in [1.165, 1.54) is 9.58 Å². The molecule has 0 unspecified atom stereocenters. The van der Waals surface area contributed by atoms with Crippen LogP contribution in [0.25, 0.3) is 0 Å². The maximum absolute atomic E-state index is 11.9. The van der Waals surface area contributed by atoms with Gasteiger partial charge in [-0.15, -0.1) is 5.10 Å². The summed E-state index contributed by atoms with van der Waals surface area (Å²) in [5, 5.41) is 10.3. The lowest BCUT2D eigenvalue weighted by Gasteiger charge is -2.17. The van der Waals surface area contributed by atoms with Gasteiger partial charge in [0.1, 0.15) is 6.54 Å². The van der Waals surface area contributed by atoms with E-state index in [4.69, 9.17) is 5.73 Å². The molecule has 2 amide bonds. The molecule has 0 atom stereocenters. The lowest BCUT2D eigenvalue weighted by atomic mass is 10.3. The third-order valence-electron chi connectivity index (χ3n) is 2.35. The first-order valence-corrected chi connectivity index (χ1v) is 6.04. The number of nitrogens with two attached hydrogens (primary N) is 1. The highest BCUT2D eigenvalue weighted by Gasteiger charge is 2.14. The lowest BCUT2D eigenvalue weighted by Crippen LogP contribution is -2.41. The number of carbonyl (C=O) groups is 2. The van der Waals surface area contributed by atoms with Crippen molar-refractivity contribution in [2.75, 3.05) is 13.6 Å². The summed E-state index contributed by atoms with van der Waals surface area (Å²) in [5.41, 5.74) is 6.02. The molecule has 0 radical (unpaired) electrons. The maximum Gasteiger partial charge on any atom is 0.244 e. The standard InChI is InChI=1S/C11H20N6O2/c1-8(2)13-10(18)6-16(3)11(19)7-17-5-9(4-12)14-15-17/h5,8H,4,6-7,12H2,1-3H3,(H,13,18). The van der Waals surface area contributed by atoms with Gasteiger partial charge in [0, 0.05) is 19.6 Å². The molecule has 1 heterocycles. The number of hydrogen-bond donors (Lipinski definition) is 2. The molecule has 8 heteroatoms.